The second-order valence-electron chi connectivity index (χ2n) is 6.16. The number of carbonyl (C=O) groups excluding carboxylic acids is 1. The van der Waals surface area contributed by atoms with Gasteiger partial charge in [-0.05, 0) is 23.8 Å². The fraction of sp³-hybridized carbons (Fsp3) is 0.200. The van der Waals surface area contributed by atoms with Crippen LogP contribution >= 0.6 is 22.9 Å². The molecule has 0 fully saturated rings. The maximum atomic E-state index is 12.4. The Morgan fingerprint density at radius 3 is 2.66 bits per heavy atom. The quantitative estimate of drug-likeness (QED) is 0.527. The van der Waals surface area contributed by atoms with Crippen LogP contribution in [0.4, 0.5) is 18.9 Å². The minimum absolute atomic E-state index is 0.0173. The monoisotopic (exact) mass is 440 g/mol. The van der Waals surface area contributed by atoms with E-state index >= 15 is 0 Å². The first-order valence-electron chi connectivity index (χ1n) is 8.55. The van der Waals surface area contributed by atoms with E-state index < -0.39 is 18.7 Å². The number of hydrogen-bond acceptors (Lipinski definition) is 4. The van der Waals surface area contributed by atoms with Crippen molar-refractivity contribution in [1.82, 2.24) is 4.98 Å². The molecule has 4 nitrogen and oxygen atoms in total. The van der Waals surface area contributed by atoms with Gasteiger partial charge in [0.2, 0.25) is 5.91 Å². The molecule has 29 heavy (non-hydrogen) atoms. The molecular weight excluding hydrogens is 425 g/mol. The van der Waals surface area contributed by atoms with Gasteiger partial charge in [0.25, 0.3) is 0 Å². The molecule has 0 aliphatic carbocycles. The van der Waals surface area contributed by atoms with Crippen molar-refractivity contribution in [2.75, 3.05) is 11.9 Å². The summed E-state index contributed by atoms with van der Waals surface area (Å²) in [5.74, 6) is -0.538. The average molecular weight is 441 g/mol. The lowest BCUT2D eigenvalue weighted by atomic mass is 10.2. The highest BCUT2D eigenvalue weighted by atomic mass is 35.5. The Labute approximate surface area is 174 Å². The molecule has 1 amide bonds. The van der Waals surface area contributed by atoms with Gasteiger partial charge in [0, 0.05) is 16.8 Å². The van der Waals surface area contributed by atoms with Crippen molar-refractivity contribution in [3.63, 3.8) is 0 Å². The third-order valence-corrected chi connectivity index (χ3v) is 4.88. The second kappa shape index (κ2) is 9.28. The van der Waals surface area contributed by atoms with Gasteiger partial charge in [0.15, 0.2) is 6.61 Å². The number of rotatable bonds is 7. The molecule has 3 aromatic rings. The number of hydrogen-bond donors (Lipinski definition) is 1. The molecule has 0 aliphatic heterocycles. The molecule has 1 aromatic heterocycles. The van der Waals surface area contributed by atoms with Crippen LogP contribution in [0.15, 0.2) is 53.9 Å². The summed E-state index contributed by atoms with van der Waals surface area (Å²) in [6.07, 6.45) is -3.84. The van der Waals surface area contributed by atoms with Crippen molar-refractivity contribution in [3.8, 4) is 5.75 Å². The summed E-state index contributed by atoms with van der Waals surface area (Å²) in [6.45, 7) is -1.47. The standard InChI is InChI=1S/C20H16ClF3N2O2S/c21-14-6-7-17(28-12-20(22,23)24)16(9-14)26-18(27)10-15-11-29-19(25-15)8-13-4-2-1-3-5-13/h1-7,9,11H,8,10,12H2,(H,26,27). The Morgan fingerprint density at radius 1 is 1.17 bits per heavy atom. The van der Waals surface area contributed by atoms with Crippen molar-refractivity contribution in [2.45, 2.75) is 19.0 Å². The summed E-state index contributed by atoms with van der Waals surface area (Å²) in [5.41, 5.74) is 1.77. The minimum atomic E-state index is -4.49. The number of amides is 1. The highest BCUT2D eigenvalue weighted by Crippen LogP contribution is 2.30. The van der Waals surface area contributed by atoms with Gasteiger partial charge in [-0.25, -0.2) is 4.98 Å². The molecule has 0 saturated heterocycles. The van der Waals surface area contributed by atoms with Crippen LogP contribution in [-0.2, 0) is 17.6 Å². The predicted octanol–water partition coefficient (Wildman–Crippen LogP) is 5.51. The molecule has 0 unspecified atom stereocenters. The van der Waals surface area contributed by atoms with Gasteiger partial charge >= 0.3 is 6.18 Å². The van der Waals surface area contributed by atoms with E-state index in [9.17, 15) is 18.0 Å². The lowest BCUT2D eigenvalue weighted by Crippen LogP contribution is -2.21. The van der Waals surface area contributed by atoms with Gasteiger partial charge < -0.3 is 10.1 Å². The van der Waals surface area contributed by atoms with Gasteiger partial charge in [0.1, 0.15) is 5.75 Å². The first kappa shape index (κ1) is 21.1. The van der Waals surface area contributed by atoms with E-state index in [1.54, 1.807) is 5.38 Å². The van der Waals surface area contributed by atoms with Crippen molar-refractivity contribution in [2.24, 2.45) is 0 Å². The van der Waals surface area contributed by atoms with E-state index in [2.05, 4.69) is 10.3 Å². The fourth-order valence-corrected chi connectivity index (χ4v) is 3.53. The first-order valence-corrected chi connectivity index (χ1v) is 9.80. The van der Waals surface area contributed by atoms with E-state index in [1.807, 2.05) is 30.3 Å². The van der Waals surface area contributed by atoms with E-state index in [4.69, 9.17) is 16.3 Å². The number of nitrogens with zero attached hydrogens (tertiary/aromatic N) is 1. The highest BCUT2D eigenvalue weighted by Gasteiger charge is 2.29. The molecule has 0 spiro atoms. The lowest BCUT2D eigenvalue weighted by molar-refractivity contribution is -0.153. The van der Waals surface area contributed by atoms with Gasteiger partial charge in [-0.2, -0.15) is 13.2 Å². The average Bonchev–Trinajstić information content (AvgIpc) is 3.07. The zero-order chi connectivity index (χ0) is 20.9. The van der Waals surface area contributed by atoms with Gasteiger partial charge in [0.05, 0.1) is 22.8 Å². The van der Waals surface area contributed by atoms with Crippen LogP contribution < -0.4 is 10.1 Å². The van der Waals surface area contributed by atoms with Gasteiger partial charge in [-0.15, -0.1) is 11.3 Å². The first-order chi connectivity index (χ1) is 13.8. The van der Waals surface area contributed by atoms with Crippen LogP contribution in [0.2, 0.25) is 5.02 Å². The molecule has 3 rings (SSSR count). The highest BCUT2D eigenvalue weighted by molar-refractivity contribution is 7.09. The van der Waals surface area contributed by atoms with E-state index in [-0.39, 0.29) is 22.9 Å². The summed E-state index contributed by atoms with van der Waals surface area (Å²) < 4.78 is 42.0. The van der Waals surface area contributed by atoms with Crippen LogP contribution in [-0.4, -0.2) is 23.7 Å². The topological polar surface area (TPSA) is 51.2 Å². The molecule has 0 bridgehead atoms. The van der Waals surface area contributed by atoms with Crippen LogP contribution in [0.5, 0.6) is 5.75 Å². The Hall–Kier alpha value is -2.58. The van der Waals surface area contributed by atoms with E-state index in [0.29, 0.717) is 12.1 Å². The number of benzene rings is 2. The summed E-state index contributed by atoms with van der Waals surface area (Å²) >= 11 is 7.34. The van der Waals surface area contributed by atoms with Crippen molar-refractivity contribution >= 4 is 34.5 Å². The largest absolute Gasteiger partial charge is 0.482 e. The van der Waals surface area contributed by atoms with E-state index in [1.165, 1.54) is 29.5 Å². The number of anilines is 1. The predicted molar refractivity (Wildman–Crippen MR) is 107 cm³/mol. The molecule has 0 saturated carbocycles. The molecule has 0 atom stereocenters. The fourth-order valence-electron chi connectivity index (χ4n) is 2.53. The molecule has 2 aromatic carbocycles. The van der Waals surface area contributed by atoms with Crippen molar-refractivity contribution < 1.29 is 22.7 Å². The second-order valence-corrected chi connectivity index (χ2v) is 7.54. The molecule has 1 heterocycles. The molecule has 9 heteroatoms. The number of carbonyl (C=O) groups is 1. The molecule has 152 valence electrons. The van der Waals surface area contributed by atoms with Crippen LogP contribution in [0, 0.1) is 0 Å². The number of aromatic nitrogens is 1. The normalized spacial score (nSPS) is 11.3. The third-order valence-electron chi connectivity index (χ3n) is 3.75. The number of thiazole rings is 1. The zero-order valence-electron chi connectivity index (χ0n) is 15.0. The molecular formula is C20H16ClF3N2O2S. The van der Waals surface area contributed by atoms with Crippen LogP contribution in [0.25, 0.3) is 0 Å². The maximum absolute atomic E-state index is 12.4. The third kappa shape index (κ3) is 6.76. The lowest BCUT2D eigenvalue weighted by Gasteiger charge is -2.14. The van der Waals surface area contributed by atoms with Gasteiger partial charge in [-0.3, -0.25) is 4.79 Å². The van der Waals surface area contributed by atoms with E-state index in [0.717, 1.165) is 10.6 Å². The molecule has 0 aliphatic rings. The van der Waals surface area contributed by atoms with Crippen LogP contribution in [0.3, 0.4) is 0 Å². The Bertz CT molecular complexity index is 977. The van der Waals surface area contributed by atoms with Gasteiger partial charge in [-0.1, -0.05) is 41.9 Å². The summed E-state index contributed by atoms with van der Waals surface area (Å²) in [4.78, 5) is 16.8. The maximum Gasteiger partial charge on any atom is 0.422 e. The van der Waals surface area contributed by atoms with Crippen molar-refractivity contribution in [1.29, 1.82) is 0 Å². The molecule has 1 N–H and O–H groups in total. The zero-order valence-corrected chi connectivity index (χ0v) is 16.6. The number of halogens is 4. The Morgan fingerprint density at radius 2 is 1.93 bits per heavy atom. The number of ether oxygens (including phenoxy) is 1. The number of nitrogens with one attached hydrogen (secondary N) is 1. The smallest absolute Gasteiger partial charge is 0.422 e. The number of alkyl halides is 3. The Balaban J connectivity index is 1.63. The summed E-state index contributed by atoms with van der Waals surface area (Å²) in [7, 11) is 0. The summed E-state index contributed by atoms with van der Waals surface area (Å²) in [5, 5.41) is 5.47. The minimum Gasteiger partial charge on any atom is -0.482 e. The SMILES string of the molecule is O=C(Cc1csc(Cc2ccccc2)n1)Nc1cc(Cl)ccc1OCC(F)(F)F. The van der Waals surface area contributed by atoms with Crippen LogP contribution in [0.1, 0.15) is 16.3 Å². The molecule has 0 radical (unpaired) electrons. The van der Waals surface area contributed by atoms with Crippen molar-refractivity contribution in [3.05, 3.63) is 75.2 Å². The Kier molecular flexibility index (Phi) is 6.76. The summed E-state index contributed by atoms with van der Waals surface area (Å²) in [6, 6.07) is 13.8.